The van der Waals surface area contributed by atoms with Crippen LogP contribution in [0.25, 0.3) is 0 Å². The van der Waals surface area contributed by atoms with E-state index in [0.29, 0.717) is 12.0 Å². The Morgan fingerprint density at radius 3 is 2.23 bits per heavy atom. The van der Waals surface area contributed by atoms with Crippen LogP contribution in [0.4, 0.5) is 0 Å². The number of aliphatic carboxylic acids is 2. The van der Waals surface area contributed by atoms with Gasteiger partial charge in [-0.3, -0.25) is 9.59 Å². The van der Waals surface area contributed by atoms with Crippen LogP contribution in [0, 0.1) is 5.92 Å². The Bertz CT molecular complexity index is 240. The summed E-state index contributed by atoms with van der Waals surface area (Å²) in [7, 11) is 0. The molecule has 13 heavy (non-hydrogen) atoms. The molecule has 0 heterocycles. The van der Waals surface area contributed by atoms with E-state index in [0.717, 1.165) is 19.3 Å². The molecule has 0 aromatic rings. The Hall–Kier alpha value is -1.32. The van der Waals surface area contributed by atoms with Gasteiger partial charge >= 0.3 is 11.9 Å². The number of allylic oxidation sites excluding steroid dienone is 1. The lowest BCUT2D eigenvalue weighted by atomic mass is 9.89. The predicted molar refractivity (Wildman–Crippen MR) is 45.3 cm³/mol. The van der Waals surface area contributed by atoms with Crippen molar-refractivity contribution in [2.45, 2.75) is 25.7 Å². The Morgan fingerprint density at radius 1 is 1.23 bits per heavy atom. The first-order chi connectivity index (χ1) is 6.13. The molecule has 0 saturated carbocycles. The SMILES string of the molecule is O=C(O)C(C(=O)O)C1=CCCCC1. The normalized spacial score (nSPS) is 16.8. The Labute approximate surface area is 75.9 Å². The molecule has 0 aromatic heterocycles. The van der Waals surface area contributed by atoms with E-state index in [1.807, 2.05) is 0 Å². The van der Waals surface area contributed by atoms with Crippen molar-refractivity contribution >= 4 is 11.9 Å². The molecule has 0 spiro atoms. The van der Waals surface area contributed by atoms with E-state index in [2.05, 4.69) is 0 Å². The molecule has 1 aliphatic rings. The monoisotopic (exact) mass is 184 g/mol. The number of hydrogen-bond donors (Lipinski definition) is 2. The van der Waals surface area contributed by atoms with Gasteiger partial charge < -0.3 is 10.2 Å². The maximum Gasteiger partial charge on any atom is 0.322 e. The van der Waals surface area contributed by atoms with Gasteiger partial charge in [0.05, 0.1) is 0 Å². The Balaban J connectivity index is 2.80. The summed E-state index contributed by atoms with van der Waals surface area (Å²) in [5.74, 6) is -3.86. The molecule has 2 N–H and O–H groups in total. The topological polar surface area (TPSA) is 74.6 Å². The summed E-state index contributed by atoms with van der Waals surface area (Å²) in [4.78, 5) is 21.2. The zero-order valence-electron chi connectivity index (χ0n) is 7.19. The average Bonchev–Trinajstić information content (AvgIpc) is 2.04. The van der Waals surface area contributed by atoms with Crippen LogP contribution in [-0.2, 0) is 9.59 Å². The fourth-order valence-corrected chi connectivity index (χ4v) is 1.55. The van der Waals surface area contributed by atoms with Gasteiger partial charge in [-0.25, -0.2) is 0 Å². The fourth-order valence-electron chi connectivity index (χ4n) is 1.55. The molecular weight excluding hydrogens is 172 g/mol. The second-order valence-electron chi connectivity index (χ2n) is 3.13. The molecule has 4 heteroatoms. The first-order valence-corrected chi connectivity index (χ1v) is 4.27. The van der Waals surface area contributed by atoms with Crippen LogP contribution in [0.1, 0.15) is 25.7 Å². The standard InChI is InChI=1S/C9H12O4/c10-8(11)7(9(12)13)6-4-2-1-3-5-6/h4,7H,1-3,5H2,(H,10,11)(H,12,13). The van der Waals surface area contributed by atoms with Gasteiger partial charge in [-0.1, -0.05) is 6.08 Å². The third-order valence-corrected chi connectivity index (χ3v) is 2.19. The van der Waals surface area contributed by atoms with E-state index in [-0.39, 0.29) is 0 Å². The molecular formula is C9H12O4. The van der Waals surface area contributed by atoms with Crippen molar-refractivity contribution in [3.05, 3.63) is 11.6 Å². The molecule has 4 nitrogen and oxygen atoms in total. The molecule has 0 aliphatic heterocycles. The molecule has 0 unspecified atom stereocenters. The number of carboxylic acids is 2. The lowest BCUT2D eigenvalue weighted by molar-refractivity contribution is -0.152. The summed E-state index contributed by atoms with van der Waals surface area (Å²) in [6.45, 7) is 0. The van der Waals surface area contributed by atoms with Crippen molar-refractivity contribution in [3.63, 3.8) is 0 Å². The summed E-state index contributed by atoms with van der Waals surface area (Å²) in [6.07, 6.45) is 5.06. The van der Waals surface area contributed by atoms with E-state index < -0.39 is 17.9 Å². The van der Waals surface area contributed by atoms with Crippen LogP contribution in [0.5, 0.6) is 0 Å². The maximum atomic E-state index is 10.6. The lowest BCUT2D eigenvalue weighted by Crippen LogP contribution is -2.26. The molecule has 1 aliphatic carbocycles. The molecule has 0 radical (unpaired) electrons. The zero-order chi connectivity index (χ0) is 9.84. The van der Waals surface area contributed by atoms with Crippen molar-refractivity contribution in [3.8, 4) is 0 Å². The molecule has 0 fully saturated rings. The molecule has 1 rings (SSSR count). The smallest absolute Gasteiger partial charge is 0.322 e. The van der Waals surface area contributed by atoms with Crippen molar-refractivity contribution in [1.82, 2.24) is 0 Å². The predicted octanol–water partition coefficient (Wildman–Crippen LogP) is 1.27. The van der Waals surface area contributed by atoms with Gasteiger partial charge in [0.1, 0.15) is 0 Å². The van der Waals surface area contributed by atoms with E-state index >= 15 is 0 Å². The van der Waals surface area contributed by atoms with Crippen LogP contribution in [0.15, 0.2) is 11.6 Å². The highest BCUT2D eigenvalue weighted by Gasteiger charge is 2.30. The minimum atomic E-state index is -1.33. The van der Waals surface area contributed by atoms with Gasteiger partial charge in [-0.15, -0.1) is 0 Å². The highest BCUT2D eigenvalue weighted by molar-refractivity contribution is 5.96. The van der Waals surface area contributed by atoms with Crippen LogP contribution in [-0.4, -0.2) is 22.2 Å². The number of rotatable bonds is 3. The van der Waals surface area contributed by atoms with Crippen molar-refractivity contribution < 1.29 is 19.8 Å². The first-order valence-electron chi connectivity index (χ1n) is 4.27. The van der Waals surface area contributed by atoms with Crippen LogP contribution < -0.4 is 0 Å². The summed E-state index contributed by atoms with van der Waals surface area (Å²) >= 11 is 0. The second kappa shape index (κ2) is 4.07. The van der Waals surface area contributed by atoms with Crippen molar-refractivity contribution in [2.75, 3.05) is 0 Å². The maximum absolute atomic E-state index is 10.6. The second-order valence-corrected chi connectivity index (χ2v) is 3.13. The van der Waals surface area contributed by atoms with E-state index in [9.17, 15) is 9.59 Å². The summed E-state index contributed by atoms with van der Waals surface area (Å²) in [5.41, 5.74) is 0.547. The number of hydrogen-bond acceptors (Lipinski definition) is 2. The quantitative estimate of drug-likeness (QED) is 0.511. The number of carbonyl (C=O) groups is 2. The molecule has 0 saturated heterocycles. The van der Waals surface area contributed by atoms with Gasteiger partial charge in [0.15, 0.2) is 5.92 Å². The molecule has 0 bridgehead atoms. The van der Waals surface area contributed by atoms with Crippen molar-refractivity contribution in [2.24, 2.45) is 5.92 Å². The zero-order valence-corrected chi connectivity index (χ0v) is 7.19. The van der Waals surface area contributed by atoms with E-state index in [1.54, 1.807) is 6.08 Å². The molecule has 0 atom stereocenters. The van der Waals surface area contributed by atoms with E-state index in [1.165, 1.54) is 0 Å². The van der Waals surface area contributed by atoms with E-state index in [4.69, 9.17) is 10.2 Å². The Morgan fingerprint density at radius 2 is 1.85 bits per heavy atom. The van der Waals surface area contributed by atoms with Crippen LogP contribution in [0.3, 0.4) is 0 Å². The lowest BCUT2D eigenvalue weighted by Gasteiger charge is -2.16. The summed E-state index contributed by atoms with van der Waals surface area (Å²) < 4.78 is 0. The molecule has 72 valence electrons. The largest absolute Gasteiger partial charge is 0.480 e. The first kappa shape index (κ1) is 9.77. The van der Waals surface area contributed by atoms with Gasteiger partial charge in [0, 0.05) is 0 Å². The van der Waals surface area contributed by atoms with Gasteiger partial charge in [-0.2, -0.15) is 0 Å². The minimum absolute atomic E-state index is 0.547. The third kappa shape index (κ3) is 2.31. The van der Waals surface area contributed by atoms with Crippen molar-refractivity contribution in [1.29, 1.82) is 0 Å². The molecule has 0 amide bonds. The van der Waals surface area contributed by atoms with Crippen LogP contribution in [0.2, 0.25) is 0 Å². The van der Waals surface area contributed by atoms with Gasteiger partial charge in [0.2, 0.25) is 0 Å². The Kier molecular flexibility index (Phi) is 3.06. The highest BCUT2D eigenvalue weighted by Crippen LogP contribution is 2.24. The summed E-state index contributed by atoms with van der Waals surface area (Å²) in [6, 6.07) is 0. The average molecular weight is 184 g/mol. The highest BCUT2D eigenvalue weighted by atomic mass is 16.4. The van der Waals surface area contributed by atoms with Gasteiger partial charge in [-0.05, 0) is 31.3 Å². The third-order valence-electron chi connectivity index (χ3n) is 2.19. The fraction of sp³-hybridized carbons (Fsp3) is 0.556. The minimum Gasteiger partial charge on any atom is -0.480 e. The molecule has 0 aromatic carbocycles. The van der Waals surface area contributed by atoms with Gasteiger partial charge in [0.25, 0.3) is 0 Å². The van der Waals surface area contributed by atoms with Crippen LogP contribution >= 0.6 is 0 Å². The number of carboxylic acid groups (broad SMARTS) is 2. The summed E-state index contributed by atoms with van der Waals surface area (Å²) in [5, 5.41) is 17.3.